The zero-order chi connectivity index (χ0) is 26.5. The summed E-state index contributed by atoms with van der Waals surface area (Å²) in [4.78, 5) is 5.24. The maximum absolute atomic E-state index is 12.6. The van der Waals surface area contributed by atoms with Crippen LogP contribution in [0.2, 0.25) is 10.0 Å². The standard InChI is InChI=1S/C30H41Cl2NO3S/c1-3-5-7-9-17-30(18-10-8-6-4-2)26-21-24(13-16-29(26)33-23-36-30)35-19-11-12-20-37(34)25-14-15-27(31)28(32)22-25/h13-16,21-23H,3-12,17-20H2,1-2H3. The van der Waals surface area contributed by atoms with Crippen LogP contribution in [0.15, 0.2) is 46.3 Å². The molecule has 0 saturated carbocycles. The molecule has 37 heavy (non-hydrogen) atoms. The fourth-order valence-electron chi connectivity index (χ4n) is 4.78. The van der Waals surface area contributed by atoms with E-state index < -0.39 is 10.8 Å². The molecule has 2 aromatic rings. The van der Waals surface area contributed by atoms with Crippen LogP contribution in [-0.4, -0.2) is 23.0 Å². The van der Waals surface area contributed by atoms with E-state index in [0.29, 0.717) is 27.3 Å². The van der Waals surface area contributed by atoms with E-state index in [1.54, 1.807) is 24.6 Å². The predicted molar refractivity (Wildman–Crippen MR) is 157 cm³/mol. The number of fused-ring (bicyclic) bond motifs is 1. The van der Waals surface area contributed by atoms with Gasteiger partial charge in [-0.3, -0.25) is 4.21 Å². The summed E-state index contributed by atoms with van der Waals surface area (Å²) in [5.41, 5.74) is 1.82. The molecule has 0 spiro atoms. The van der Waals surface area contributed by atoms with Gasteiger partial charge in [0.05, 0.1) is 33.1 Å². The molecule has 0 aromatic heterocycles. The van der Waals surface area contributed by atoms with E-state index in [2.05, 4.69) is 31.0 Å². The van der Waals surface area contributed by atoms with Crippen LogP contribution in [0.5, 0.6) is 5.75 Å². The van der Waals surface area contributed by atoms with Crippen LogP contribution in [-0.2, 0) is 21.1 Å². The zero-order valence-electron chi connectivity index (χ0n) is 22.3. The van der Waals surface area contributed by atoms with Crippen molar-refractivity contribution < 1.29 is 13.7 Å². The molecule has 204 valence electrons. The summed E-state index contributed by atoms with van der Waals surface area (Å²) in [7, 11) is -1.10. The van der Waals surface area contributed by atoms with E-state index in [1.807, 2.05) is 6.07 Å². The van der Waals surface area contributed by atoms with E-state index >= 15 is 0 Å². The summed E-state index contributed by atoms with van der Waals surface area (Å²) >= 11 is 12.0. The first kappa shape index (κ1) is 30.0. The molecule has 0 bridgehead atoms. The van der Waals surface area contributed by atoms with Gasteiger partial charge in [0.25, 0.3) is 0 Å². The summed E-state index contributed by atoms with van der Waals surface area (Å²) in [5.74, 6) is 1.41. The third-order valence-electron chi connectivity index (χ3n) is 6.94. The van der Waals surface area contributed by atoms with Crippen LogP contribution < -0.4 is 4.74 Å². The van der Waals surface area contributed by atoms with Crippen LogP contribution >= 0.6 is 23.2 Å². The molecule has 1 unspecified atom stereocenters. The highest BCUT2D eigenvalue weighted by atomic mass is 35.5. The van der Waals surface area contributed by atoms with Gasteiger partial charge in [-0.1, -0.05) is 75.6 Å². The van der Waals surface area contributed by atoms with E-state index in [1.165, 1.54) is 38.5 Å². The van der Waals surface area contributed by atoms with Crippen LogP contribution in [0.3, 0.4) is 0 Å². The molecule has 0 N–H and O–H groups in total. The molecule has 1 aliphatic rings. The van der Waals surface area contributed by atoms with Gasteiger partial charge < -0.3 is 9.47 Å². The number of hydrogen-bond donors (Lipinski definition) is 0. The highest BCUT2D eigenvalue weighted by molar-refractivity contribution is 7.85. The predicted octanol–water partition coefficient (Wildman–Crippen LogP) is 9.79. The van der Waals surface area contributed by atoms with E-state index in [4.69, 9.17) is 32.7 Å². The van der Waals surface area contributed by atoms with Gasteiger partial charge in [-0.15, -0.1) is 0 Å². The smallest absolute Gasteiger partial charge is 0.175 e. The van der Waals surface area contributed by atoms with Gasteiger partial charge in [-0.05, 0) is 74.9 Å². The monoisotopic (exact) mass is 565 g/mol. The van der Waals surface area contributed by atoms with E-state index in [-0.39, 0.29) is 5.60 Å². The van der Waals surface area contributed by atoms with Crippen LogP contribution in [0.25, 0.3) is 0 Å². The van der Waals surface area contributed by atoms with Crippen molar-refractivity contribution >= 4 is 46.1 Å². The lowest BCUT2D eigenvalue weighted by Gasteiger charge is -2.37. The largest absolute Gasteiger partial charge is 0.494 e. The molecule has 0 fully saturated rings. The Labute approximate surface area is 235 Å². The Hall–Kier alpha value is -1.56. The lowest BCUT2D eigenvalue weighted by molar-refractivity contribution is 0.0326. The summed E-state index contributed by atoms with van der Waals surface area (Å²) in [6.07, 6.45) is 15.0. The van der Waals surface area contributed by atoms with Crippen molar-refractivity contribution in [1.82, 2.24) is 0 Å². The normalized spacial score (nSPS) is 14.7. The summed E-state index contributed by atoms with van der Waals surface area (Å²) < 4.78 is 25.0. The van der Waals surface area contributed by atoms with Crippen LogP contribution in [0.1, 0.15) is 96.5 Å². The minimum Gasteiger partial charge on any atom is -0.494 e. The molecule has 0 radical (unpaired) electrons. The Morgan fingerprint density at radius 3 is 2.27 bits per heavy atom. The fourth-order valence-corrected chi connectivity index (χ4v) is 6.31. The molecular formula is C30H41Cl2NO3S. The van der Waals surface area contributed by atoms with Gasteiger partial charge in [0, 0.05) is 16.2 Å². The molecule has 1 atom stereocenters. The second kappa shape index (κ2) is 15.8. The fraction of sp³-hybridized carbons (Fsp3) is 0.567. The maximum atomic E-state index is 12.6. The van der Waals surface area contributed by atoms with Gasteiger partial charge >= 0.3 is 0 Å². The molecule has 0 aliphatic carbocycles. The van der Waals surface area contributed by atoms with Crippen molar-refractivity contribution in [3.8, 4) is 5.75 Å². The van der Waals surface area contributed by atoms with Crippen LogP contribution in [0.4, 0.5) is 5.69 Å². The zero-order valence-corrected chi connectivity index (χ0v) is 24.6. The first-order valence-electron chi connectivity index (χ1n) is 13.8. The van der Waals surface area contributed by atoms with E-state index in [9.17, 15) is 4.21 Å². The topological polar surface area (TPSA) is 47.9 Å². The highest BCUT2D eigenvalue weighted by Gasteiger charge is 2.37. The minimum absolute atomic E-state index is 0.325. The van der Waals surface area contributed by atoms with Gasteiger partial charge in [0.15, 0.2) is 6.40 Å². The Kier molecular flexibility index (Phi) is 12.8. The number of nitrogens with zero attached hydrogens (tertiary/aromatic N) is 1. The van der Waals surface area contributed by atoms with Crippen LogP contribution in [0, 0.1) is 0 Å². The average molecular weight is 567 g/mol. The molecule has 0 amide bonds. The lowest BCUT2D eigenvalue weighted by Crippen LogP contribution is -2.31. The second-order valence-corrected chi connectivity index (χ2v) is 12.2. The summed E-state index contributed by atoms with van der Waals surface area (Å²) in [6, 6.07) is 11.3. The summed E-state index contributed by atoms with van der Waals surface area (Å²) in [5, 5.41) is 0.909. The maximum Gasteiger partial charge on any atom is 0.175 e. The van der Waals surface area contributed by atoms with Crippen molar-refractivity contribution in [3.63, 3.8) is 0 Å². The number of unbranched alkanes of at least 4 members (excludes halogenated alkanes) is 7. The third-order valence-corrected chi connectivity index (χ3v) is 9.12. The molecule has 7 heteroatoms. The molecule has 4 nitrogen and oxygen atoms in total. The van der Waals surface area contributed by atoms with Crippen molar-refractivity contribution in [3.05, 3.63) is 52.0 Å². The Balaban J connectivity index is 1.58. The van der Waals surface area contributed by atoms with Gasteiger partial charge in [-0.2, -0.15) is 0 Å². The van der Waals surface area contributed by atoms with Crippen molar-refractivity contribution in [2.24, 2.45) is 4.99 Å². The second-order valence-electron chi connectivity index (χ2n) is 9.83. The molecule has 0 saturated heterocycles. The Morgan fingerprint density at radius 2 is 1.59 bits per heavy atom. The number of aliphatic imine (C=N–C) groups is 1. The van der Waals surface area contributed by atoms with Crippen molar-refractivity contribution in [2.75, 3.05) is 12.4 Å². The number of ether oxygens (including phenoxy) is 2. The third kappa shape index (κ3) is 9.01. The SMILES string of the molecule is CCCCCCC1(CCCCCC)OC=Nc2ccc(OCCCCS(=O)c3ccc(Cl)c(Cl)c3)cc21. The Morgan fingerprint density at radius 1 is 0.865 bits per heavy atom. The van der Waals surface area contributed by atoms with Gasteiger partial charge in [0.1, 0.15) is 11.4 Å². The van der Waals surface area contributed by atoms with Crippen molar-refractivity contribution in [2.45, 2.75) is 101 Å². The average Bonchev–Trinajstić information content (AvgIpc) is 2.90. The molecule has 3 rings (SSSR count). The van der Waals surface area contributed by atoms with Gasteiger partial charge in [0.2, 0.25) is 0 Å². The lowest BCUT2D eigenvalue weighted by atomic mass is 9.81. The molecule has 1 heterocycles. The molecule has 2 aromatic carbocycles. The first-order valence-corrected chi connectivity index (χ1v) is 15.9. The highest BCUT2D eigenvalue weighted by Crippen LogP contribution is 2.45. The quantitative estimate of drug-likeness (QED) is 0.179. The number of halogens is 2. The number of benzene rings is 2. The first-order chi connectivity index (χ1) is 18.0. The Bertz CT molecular complexity index is 1030. The van der Waals surface area contributed by atoms with Crippen molar-refractivity contribution in [1.29, 1.82) is 0 Å². The molecular weight excluding hydrogens is 525 g/mol. The molecule has 1 aliphatic heterocycles. The van der Waals surface area contributed by atoms with Gasteiger partial charge in [-0.25, -0.2) is 4.99 Å². The number of rotatable bonds is 17. The minimum atomic E-state index is -1.10. The number of hydrogen-bond acceptors (Lipinski definition) is 4. The summed E-state index contributed by atoms with van der Waals surface area (Å²) in [6.45, 7) is 5.06. The van der Waals surface area contributed by atoms with E-state index in [0.717, 1.165) is 55.5 Å².